The van der Waals surface area contributed by atoms with Gasteiger partial charge < -0.3 is 30.7 Å². The number of carbonyl (C=O) groups is 3. The van der Waals surface area contributed by atoms with Crippen LogP contribution in [0.1, 0.15) is 39.4 Å². The van der Waals surface area contributed by atoms with Gasteiger partial charge in [0, 0.05) is 18.0 Å². The maximum absolute atomic E-state index is 13.8. The highest BCUT2D eigenvalue weighted by molar-refractivity contribution is 7.89. The van der Waals surface area contributed by atoms with Crippen LogP contribution < -0.4 is 10.5 Å². The molecular formula is C27H30N4O10S. The monoisotopic (exact) mass is 602 g/mol. The number of aromatic hydroxyl groups is 1. The van der Waals surface area contributed by atoms with Gasteiger partial charge in [-0.3, -0.25) is 19.3 Å². The molecule has 0 spiro atoms. The summed E-state index contributed by atoms with van der Waals surface area (Å²) in [6.07, 6.45) is -0.0724. The number of amides is 1. The van der Waals surface area contributed by atoms with E-state index in [1.165, 1.54) is 45.0 Å². The van der Waals surface area contributed by atoms with E-state index < -0.39 is 73.8 Å². The summed E-state index contributed by atoms with van der Waals surface area (Å²) >= 11 is 0. The molecule has 1 heterocycles. The lowest BCUT2D eigenvalue weighted by molar-refractivity contribution is -0.148. The molecule has 0 bridgehead atoms. The number of aliphatic hydroxyl groups excluding tert-OH is 2. The lowest BCUT2D eigenvalue weighted by atomic mass is 9.58. The largest absolute Gasteiger partial charge is 0.510 e. The summed E-state index contributed by atoms with van der Waals surface area (Å²) < 4.78 is 33.5. The lowest BCUT2D eigenvalue weighted by Crippen LogP contribution is -2.63. The van der Waals surface area contributed by atoms with E-state index in [1.54, 1.807) is 0 Å². The molecule has 1 aromatic heterocycles. The zero-order valence-electron chi connectivity index (χ0n) is 23.1. The van der Waals surface area contributed by atoms with Crippen LogP contribution >= 0.6 is 0 Å². The standard InChI is InChI=1S/C27H30N4O10S/c1-10-23(11(2)41-30-10)42(39,40)29-9-12-5-6-16(32)18-14(12)7-13-8-15-20(31(3)4)22(34)19(26(28)37)25(36)27(15,38)24(35)17(13)21(18)33/h5-6,13,15,20,29,32,34-35,38H,7-9H2,1-4H3,(H2,28,37)/t13-,15-,20-,27-/m1/s1. The van der Waals surface area contributed by atoms with Crippen molar-refractivity contribution in [3.8, 4) is 5.75 Å². The third-order valence-corrected chi connectivity index (χ3v) is 10.0. The number of Topliss-reactive ketones (excluding diaryl/α,β-unsaturated/α-hetero) is 2. The number of rotatable bonds is 6. The molecule has 1 aromatic carbocycles. The first kappa shape index (κ1) is 29.4. The zero-order valence-corrected chi connectivity index (χ0v) is 23.9. The highest BCUT2D eigenvalue weighted by Gasteiger charge is 2.63. The number of aromatic nitrogens is 1. The number of phenolic OH excluding ortho intramolecular Hbond substituents is 1. The average molecular weight is 603 g/mol. The predicted molar refractivity (Wildman–Crippen MR) is 144 cm³/mol. The fourth-order valence-corrected chi connectivity index (χ4v) is 7.92. The quantitative estimate of drug-likeness (QED) is 0.243. The minimum Gasteiger partial charge on any atom is -0.510 e. The van der Waals surface area contributed by atoms with Crippen molar-refractivity contribution in [2.24, 2.45) is 17.6 Å². The number of nitrogens with one attached hydrogen (secondary N) is 1. The molecule has 3 aliphatic carbocycles. The fourth-order valence-electron chi connectivity index (χ4n) is 6.58. The number of sulfonamides is 1. The van der Waals surface area contributed by atoms with Crippen molar-refractivity contribution in [2.45, 2.75) is 49.8 Å². The number of likely N-dealkylation sites (N-methyl/N-ethyl adjacent to an activating group) is 1. The molecule has 15 heteroatoms. The summed E-state index contributed by atoms with van der Waals surface area (Å²) in [4.78, 5) is 40.6. The number of aryl methyl sites for hydroxylation is 2. The second-order valence-corrected chi connectivity index (χ2v) is 12.7. The second kappa shape index (κ2) is 9.76. The molecule has 4 atom stereocenters. The molecule has 5 rings (SSSR count). The van der Waals surface area contributed by atoms with Crippen molar-refractivity contribution in [1.82, 2.24) is 14.8 Å². The Morgan fingerprint density at radius 2 is 1.88 bits per heavy atom. The molecule has 0 radical (unpaired) electrons. The third kappa shape index (κ3) is 4.06. The summed E-state index contributed by atoms with van der Waals surface area (Å²) in [5.74, 6) is -7.48. The molecule has 0 saturated carbocycles. The van der Waals surface area contributed by atoms with Gasteiger partial charge in [0.15, 0.2) is 17.1 Å². The van der Waals surface area contributed by atoms with E-state index in [1.807, 2.05) is 0 Å². The van der Waals surface area contributed by atoms with E-state index in [-0.39, 0.29) is 46.9 Å². The van der Waals surface area contributed by atoms with E-state index in [0.717, 1.165) is 0 Å². The Kier molecular flexibility index (Phi) is 6.84. The van der Waals surface area contributed by atoms with E-state index in [4.69, 9.17) is 10.3 Å². The number of phenols is 1. The summed E-state index contributed by atoms with van der Waals surface area (Å²) in [6.45, 7) is 2.67. The minimum atomic E-state index is -4.07. The Morgan fingerprint density at radius 3 is 2.45 bits per heavy atom. The molecule has 7 N–H and O–H groups in total. The van der Waals surface area contributed by atoms with Gasteiger partial charge in [0.05, 0.1) is 11.6 Å². The van der Waals surface area contributed by atoms with Gasteiger partial charge in [0.25, 0.3) is 5.91 Å². The van der Waals surface area contributed by atoms with Gasteiger partial charge in [-0.25, -0.2) is 13.1 Å². The van der Waals surface area contributed by atoms with Gasteiger partial charge in [0.1, 0.15) is 33.4 Å². The van der Waals surface area contributed by atoms with Crippen molar-refractivity contribution in [2.75, 3.05) is 14.1 Å². The van der Waals surface area contributed by atoms with Crippen LogP contribution in [0.5, 0.6) is 5.75 Å². The van der Waals surface area contributed by atoms with Crippen LogP contribution in [-0.4, -0.2) is 82.1 Å². The van der Waals surface area contributed by atoms with Crippen molar-refractivity contribution in [1.29, 1.82) is 0 Å². The van der Waals surface area contributed by atoms with Crippen LogP contribution in [0.3, 0.4) is 0 Å². The number of nitrogens with two attached hydrogens (primary N) is 1. The maximum atomic E-state index is 13.8. The zero-order chi connectivity index (χ0) is 31.0. The van der Waals surface area contributed by atoms with Gasteiger partial charge in [-0.2, -0.15) is 0 Å². The second-order valence-electron chi connectivity index (χ2n) is 11.0. The molecule has 1 amide bonds. The molecule has 224 valence electrons. The highest BCUT2D eigenvalue weighted by atomic mass is 32.2. The number of ketones is 2. The lowest BCUT2D eigenvalue weighted by Gasteiger charge is -2.50. The number of hydrogen-bond donors (Lipinski definition) is 6. The van der Waals surface area contributed by atoms with Gasteiger partial charge in [-0.05, 0) is 63.9 Å². The molecule has 2 aromatic rings. The van der Waals surface area contributed by atoms with E-state index in [2.05, 4.69) is 9.88 Å². The van der Waals surface area contributed by atoms with Gasteiger partial charge in [-0.15, -0.1) is 0 Å². The Hall–Kier alpha value is -4.05. The Labute approximate surface area is 240 Å². The smallest absolute Gasteiger partial charge is 0.255 e. The Bertz CT molecular complexity index is 1720. The van der Waals surface area contributed by atoms with Crippen LogP contribution in [0, 0.1) is 25.7 Å². The van der Waals surface area contributed by atoms with Gasteiger partial charge in [0.2, 0.25) is 15.8 Å². The first-order valence-corrected chi connectivity index (χ1v) is 14.4. The molecule has 0 aliphatic heterocycles. The number of allylic oxidation sites excluding steroid dienone is 1. The molecule has 42 heavy (non-hydrogen) atoms. The van der Waals surface area contributed by atoms with Crippen LogP contribution in [0.2, 0.25) is 0 Å². The number of fused-ring (bicyclic) bond motifs is 3. The molecule has 0 unspecified atom stereocenters. The molecule has 14 nitrogen and oxygen atoms in total. The van der Waals surface area contributed by atoms with Crippen molar-refractivity contribution in [3.63, 3.8) is 0 Å². The van der Waals surface area contributed by atoms with Gasteiger partial charge in [-0.1, -0.05) is 11.2 Å². The first-order valence-electron chi connectivity index (χ1n) is 12.9. The van der Waals surface area contributed by atoms with Crippen LogP contribution in [0.25, 0.3) is 0 Å². The number of aliphatic hydroxyl groups is 3. The fraction of sp³-hybridized carbons (Fsp3) is 0.407. The third-order valence-electron chi connectivity index (χ3n) is 8.39. The number of benzene rings is 1. The summed E-state index contributed by atoms with van der Waals surface area (Å²) in [5.41, 5.74) is 2.03. The number of primary amides is 1. The SMILES string of the molecule is Cc1noc(C)c1S(=O)(=O)NCc1ccc(O)c2c1C[C@@H]1C[C@@H]3[C@@H](N(C)C)C(O)=C(C(N)=O)C(=O)[C@]3(O)C(O)=C1C2=O. The molecule has 3 aliphatic rings. The summed E-state index contributed by atoms with van der Waals surface area (Å²) in [7, 11) is -1.00. The number of hydrogen-bond acceptors (Lipinski definition) is 12. The average Bonchev–Trinajstić information content (AvgIpc) is 3.23. The summed E-state index contributed by atoms with van der Waals surface area (Å²) in [5, 5.41) is 48.2. The maximum Gasteiger partial charge on any atom is 0.255 e. The topological polar surface area (TPSA) is 234 Å². The van der Waals surface area contributed by atoms with Crippen LogP contribution in [0.4, 0.5) is 0 Å². The number of carbonyl (C=O) groups excluding carboxylic acids is 3. The van der Waals surface area contributed by atoms with Crippen molar-refractivity contribution >= 4 is 27.5 Å². The number of nitrogens with zero attached hydrogens (tertiary/aromatic N) is 2. The molecular weight excluding hydrogens is 572 g/mol. The van der Waals surface area contributed by atoms with Crippen LogP contribution in [0.15, 0.2) is 44.2 Å². The van der Waals surface area contributed by atoms with Crippen LogP contribution in [-0.2, 0) is 32.6 Å². The van der Waals surface area contributed by atoms with Crippen molar-refractivity contribution < 1.29 is 47.8 Å². The normalized spacial score (nSPS) is 25.9. The highest BCUT2D eigenvalue weighted by Crippen LogP contribution is 2.52. The minimum absolute atomic E-state index is 0.0192. The molecule has 0 saturated heterocycles. The van der Waals surface area contributed by atoms with Gasteiger partial charge >= 0.3 is 0 Å². The molecule has 0 fully saturated rings. The van der Waals surface area contributed by atoms with Crippen molar-refractivity contribution in [3.05, 3.63) is 62.9 Å². The van der Waals surface area contributed by atoms with E-state index in [0.29, 0.717) is 11.1 Å². The van der Waals surface area contributed by atoms with E-state index >= 15 is 0 Å². The predicted octanol–water partition coefficient (Wildman–Crippen LogP) is 0.204. The van der Waals surface area contributed by atoms with E-state index in [9.17, 15) is 43.2 Å². The Morgan fingerprint density at radius 1 is 1.21 bits per heavy atom. The Balaban J connectivity index is 1.60. The summed E-state index contributed by atoms with van der Waals surface area (Å²) in [6, 6.07) is 1.54. The first-order chi connectivity index (χ1) is 19.5.